The SMILES string of the molecule is Cc1ccc(N2C(=NC(=O)CCNC(=O)OC(C)(C)C)S[C@@H]3CS(=O)(=O)C[C@H]32)cc1C. The molecule has 2 aliphatic heterocycles. The topological polar surface area (TPSA) is 105 Å². The first kappa shape index (κ1) is 23.6. The number of rotatable bonds is 4. The molecule has 1 aromatic carbocycles. The second-order valence-corrected chi connectivity index (χ2v) is 12.3. The molecule has 0 spiro atoms. The minimum atomic E-state index is -3.12. The molecule has 0 unspecified atom stereocenters. The van der Waals surface area contributed by atoms with Crippen molar-refractivity contribution < 1.29 is 22.7 Å². The number of aliphatic imine (C=N–C) groups is 1. The van der Waals surface area contributed by atoms with Gasteiger partial charge < -0.3 is 15.0 Å². The molecule has 2 heterocycles. The van der Waals surface area contributed by atoms with Crippen molar-refractivity contribution in [3.8, 4) is 0 Å². The van der Waals surface area contributed by atoms with Crippen LogP contribution in [0.3, 0.4) is 0 Å². The van der Waals surface area contributed by atoms with E-state index in [2.05, 4.69) is 10.3 Å². The van der Waals surface area contributed by atoms with Gasteiger partial charge in [-0.3, -0.25) is 4.79 Å². The quantitative estimate of drug-likeness (QED) is 0.726. The summed E-state index contributed by atoms with van der Waals surface area (Å²) in [6.07, 6.45) is -0.558. The molecule has 2 fully saturated rings. The number of amides is 2. The Morgan fingerprint density at radius 3 is 2.58 bits per heavy atom. The Labute approximate surface area is 187 Å². The third-order valence-corrected chi connectivity index (χ3v) is 8.27. The predicted octanol–water partition coefficient (Wildman–Crippen LogP) is 2.82. The maximum atomic E-state index is 12.5. The Kier molecular flexibility index (Phi) is 6.71. The highest BCUT2D eigenvalue weighted by atomic mass is 32.2. The Bertz CT molecular complexity index is 1010. The molecular formula is C21H29N3O5S2. The number of amidine groups is 1. The summed E-state index contributed by atoms with van der Waals surface area (Å²) in [5.74, 6) is -0.252. The molecule has 10 heteroatoms. The number of ether oxygens (including phenoxy) is 1. The first-order chi connectivity index (χ1) is 14.3. The third kappa shape index (κ3) is 6.00. The summed E-state index contributed by atoms with van der Waals surface area (Å²) < 4.78 is 29.5. The molecule has 2 atom stereocenters. The average molecular weight is 468 g/mol. The second-order valence-electron chi connectivity index (χ2n) is 8.91. The van der Waals surface area contributed by atoms with E-state index in [4.69, 9.17) is 4.74 Å². The number of aryl methyl sites for hydroxylation is 2. The molecule has 8 nitrogen and oxygen atoms in total. The largest absolute Gasteiger partial charge is 0.444 e. The van der Waals surface area contributed by atoms with Gasteiger partial charge in [0.15, 0.2) is 15.0 Å². The van der Waals surface area contributed by atoms with Gasteiger partial charge in [0.2, 0.25) is 5.91 Å². The van der Waals surface area contributed by atoms with Gasteiger partial charge in [-0.15, -0.1) is 0 Å². The van der Waals surface area contributed by atoms with Gasteiger partial charge in [0.1, 0.15) is 5.60 Å². The summed E-state index contributed by atoms with van der Waals surface area (Å²) in [6, 6.07) is 5.66. The molecule has 1 aromatic rings. The number of carbonyl (C=O) groups is 2. The van der Waals surface area contributed by atoms with Crippen LogP contribution in [0.5, 0.6) is 0 Å². The van der Waals surface area contributed by atoms with Gasteiger partial charge in [-0.1, -0.05) is 17.8 Å². The number of fused-ring (bicyclic) bond motifs is 1. The lowest BCUT2D eigenvalue weighted by molar-refractivity contribution is -0.117. The molecule has 2 aliphatic rings. The number of benzene rings is 1. The molecule has 0 bridgehead atoms. The van der Waals surface area contributed by atoms with E-state index in [1.54, 1.807) is 20.8 Å². The fourth-order valence-corrected chi connectivity index (χ4v) is 7.42. The lowest BCUT2D eigenvalue weighted by Crippen LogP contribution is -2.38. The van der Waals surface area contributed by atoms with E-state index >= 15 is 0 Å². The first-order valence-electron chi connectivity index (χ1n) is 10.2. The summed E-state index contributed by atoms with van der Waals surface area (Å²) in [7, 11) is -3.12. The van der Waals surface area contributed by atoms with Crippen LogP contribution >= 0.6 is 11.8 Å². The van der Waals surface area contributed by atoms with Gasteiger partial charge in [0, 0.05) is 23.9 Å². The van der Waals surface area contributed by atoms with Gasteiger partial charge >= 0.3 is 6.09 Å². The zero-order valence-corrected chi connectivity index (χ0v) is 20.1. The summed E-state index contributed by atoms with van der Waals surface area (Å²) >= 11 is 1.34. The number of anilines is 1. The summed E-state index contributed by atoms with van der Waals surface area (Å²) in [6.45, 7) is 9.41. The second kappa shape index (κ2) is 8.82. The Balaban J connectivity index is 1.74. The molecule has 3 rings (SSSR count). The Morgan fingerprint density at radius 2 is 1.94 bits per heavy atom. The fraction of sp³-hybridized carbons (Fsp3) is 0.571. The molecule has 31 heavy (non-hydrogen) atoms. The van der Waals surface area contributed by atoms with Gasteiger partial charge in [-0.25, -0.2) is 13.2 Å². The third-order valence-electron chi connectivity index (χ3n) is 5.06. The molecule has 0 aliphatic carbocycles. The standard InChI is InChI=1S/C21H29N3O5S2/c1-13-6-7-15(10-14(13)2)24-16-11-31(27,28)12-17(16)30-19(24)23-18(25)8-9-22-20(26)29-21(3,4)5/h6-7,10,16-17H,8-9,11-12H2,1-5H3,(H,22,26)/t16-,17-/m1/s1. The number of thioether (sulfide) groups is 1. The van der Waals surface area contributed by atoms with Crippen LogP contribution in [0.4, 0.5) is 10.5 Å². The van der Waals surface area contributed by atoms with Crippen molar-refractivity contribution in [3.05, 3.63) is 29.3 Å². The van der Waals surface area contributed by atoms with E-state index in [0.29, 0.717) is 5.17 Å². The van der Waals surface area contributed by atoms with E-state index in [0.717, 1.165) is 16.8 Å². The molecule has 0 saturated carbocycles. The molecule has 1 N–H and O–H groups in total. The summed E-state index contributed by atoms with van der Waals surface area (Å²) in [5, 5.41) is 2.91. The van der Waals surface area contributed by atoms with E-state index < -0.39 is 21.5 Å². The van der Waals surface area contributed by atoms with Crippen molar-refractivity contribution in [1.82, 2.24) is 5.32 Å². The number of hydrogen-bond acceptors (Lipinski definition) is 6. The van der Waals surface area contributed by atoms with E-state index in [1.165, 1.54) is 11.8 Å². The van der Waals surface area contributed by atoms with Crippen LogP contribution in [0, 0.1) is 13.8 Å². The average Bonchev–Trinajstić information content (AvgIpc) is 3.06. The lowest BCUT2D eigenvalue weighted by Gasteiger charge is -2.25. The predicted molar refractivity (Wildman–Crippen MR) is 124 cm³/mol. The number of carbonyl (C=O) groups excluding carboxylic acids is 2. The molecule has 2 amide bonds. The van der Waals surface area contributed by atoms with Crippen LogP contribution in [0.15, 0.2) is 23.2 Å². The number of hydrogen-bond donors (Lipinski definition) is 1. The fourth-order valence-electron chi connectivity index (χ4n) is 3.49. The van der Waals surface area contributed by atoms with Crippen LogP contribution in [-0.2, 0) is 19.4 Å². The molecule has 2 saturated heterocycles. The normalized spacial score (nSPS) is 23.6. The van der Waals surface area contributed by atoms with Crippen LogP contribution in [-0.4, -0.2) is 60.5 Å². The monoisotopic (exact) mass is 467 g/mol. The van der Waals surface area contributed by atoms with Crippen LogP contribution in [0.25, 0.3) is 0 Å². The minimum Gasteiger partial charge on any atom is -0.444 e. The highest BCUT2D eigenvalue weighted by Gasteiger charge is 2.49. The van der Waals surface area contributed by atoms with Gasteiger partial charge in [-0.2, -0.15) is 4.99 Å². The van der Waals surface area contributed by atoms with Crippen molar-refractivity contribution >= 4 is 44.5 Å². The van der Waals surface area contributed by atoms with E-state index in [1.807, 2.05) is 36.9 Å². The van der Waals surface area contributed by atoms with E-state index in [-0.39, 0.29) is 41.7 Å². The van der Waals surface area contributed by atoms with Gasteiger partial charge in [0.05, 0.1) is 17.5 Å². The first-order valence-corrected chi connectivity index (χ1v) is 12.9. The number of alkyl carbamates (subject to hydrolysis) is 1. The van der Waals surface area contributed by atoms with Gasteiger partial charge in [0.25, 0.3) is 0 Å². The lowest BCUT2D eigenvalue weighted by atomic mass is 10.1. The van der Waals surface area contributed by atoms with Crippen LogP contribution < -0.4 is 10.2 Å². The highest BCUT2D eigenvalue weighted by Crippen LogP contribution is 2.41. The number of nitrogens with zero attached hydrogens (tertiary/aromatic N) is 2. The van der Waals surface area contributed by atoms with E-state index in [9.17, 15) is 18.0 Å². The van der Waals surface area contributed by atoms with Crippen molar-refractivity contribution in [2.75, 3.05) is 23.0 Å². The smallest absolute Gasteiger partial charge is 0.407 e. The molecule has 0 radical (unpaired) electrons. The van der Waals surface area contributed by atoms with Crippen LogP contribution in [0.2, 0.25) is 0 Å². The number of sulfone groups is 1. The summed E-state index contributed by atoms with van der Waals surface area (Å²) in [5.41, 5.74) is 2.44. The minimum absolute atomic E-state index is 0.0255. The van der Waals surface area contributed by atoms with Crippen molar-refractivity contribution in [3.63, 3.8) is 0 Å². The molecular weight excluding hydrogens is 438 g/mol. The summed E-state index contributed by atoms with van der Waals surface area (Å²) in [4.78, 5) is 30.3. The Hall–Kier alpha value is -2.07. The van der Waals surface area contributed by atoms with Crippen LogP contribution in [0.1, 0.15) is 38.3 Å². The van der Waals surface area contributed by atoms with Crippen molar-refractivity contribution in [2.24, 2.45) is 4.99 Å². The zero-order valence-electron chi connectivity index (χ0n) is 18.5. The van der Waals surface area contributed by atoms with Crippen molar-refractivity contribution in [2.45, 2.75) is 57.9 Å². The van der Waals surface area contributed by atoms with Gasteiger partial charge in [-0.05, 0) is 57.9 Å². The number of nitrogens with one attached hydrogen (secondary N) is 1. The molecule has 170 valence electrons. The van der Waals surface area contributed by atoms with Crippen molar-refractivity contribution in [1.29, 1.82) is 0 Å². The molecule has 0 aromatic heterocycles. The maximum Gasteiger partial charge on any atom is 0.407 e. The zero-order chi connectivity index (χ0) is 23.0. The highest BCUT2D eigenvalue weighted by molar-refractivity contribution is 8.16. The maximum absolute atomic E-state index is 12.5. The Morgan fingerprint density at radius 1 is 1.23 bits per heavy atom.